The molecule has 22 heavy (non-hydrogen) atoms. The molecule has 0 unspecified atom stereocenters. The van der Waals surface area contributed by atoms with Crippen molar-refractivity contribution in [3.63, 3.8) is 0 Å². The van der Waals surface area contributed by atoms with Crippen LogP contribution in [0, 0.1) is 13.8 Å². The van der Waals surface area contributed by atoms with Crippen LogP contribution in [0.3, 0.4) is 0 Å². The van der Waals surface area contributed by atoms with Crippen molar-refractivity contribution < 1.29 is 13.2 Å². The molecular formula is C16H26N2O3S. The summed E-state index contributed by atoms with van der Waals surface area (Å²) in [4.78, 5) is 11.9. The number of aryl methyl sites for hydroxylation is 2. The summed E-state index contributed by atoms with van der Waals surface area (Å²) in [5.41, 5.74) is 1.58. The van der Waals surface area contributed by atoms with Crippen molar-refractivity contribution in [1.29, 1.82) is 0 Å². The first-order valence-electron chi connectivity index (χ1n) is 7.70. The molecule has 0 aliphatic carbocycles. The summed E-state index contributed by atoms with van der Waals surface area (Å²) in [6.07, 6.45) is 3.29. The van der Waals surface area contributed by atoms with E-state index in [1.807, 2.05) is 13.0 Å². The smallest absolute Gasteiger partial charge is 0.240 e. The van der Waals surface area contributed by atoms with Gasteiger partial charge in [0.15, 0.2) is 0 Å². The maximum Gasteiger partial charge on any atom is 0.240 e. The topological polar surface area (TPSA) is 75.3 Å². The van der Waals surface area contributed by atoms with Crippen molar-refractivity contribution in [1.82, 2.24) is 10.0 Å². The summed E-state index contributed by atoms with van der Waals surface area (Å²) < 4.78 is 27.0. The van der Waals surface area contributed by atoms with Crippen LogP contribution in [0.25, 0.3) is 0 Å². The third-order valence-corrected chi connectivity index (χ3v) is 4.98. The summed E-state index contributed by atoms with van der Waals surface area (Å²) in [6.45, 7) is 6.46. The molecule has 124 valence electrons. The van der Waals surface area contributed by atoms with E-state index in [-0.39, 0.29) is 23.8 Å². The number of hydrogen-bond donors (Lipinski definition) is 2. The van der Waals surface area contributed by atoms with E-state index in [0.29, 0.717) is 12.1 Å². The van der Waals surface area contributed by atoms with Crippen LogP contribution < -0.4 is 10.0 Å². The number of rotatable bonds is 9. The molecule has 1 rings (SSSR count). The molecule has 0 aliphatic rings. The summed E-state index contributed by atoms with van der Waals surface area (Å²) in [5.74, 6) is -0.125. The number of unbranched alkanes of at least 4 members (excludes halogenated alkanes) is 2. The van der Waals surface area contributed by atoms with Gasteiger partial charge in [0, 0.05) is 19.5 Å². The van der Waals surface area contributed by atoms with Crippen LogP contribution in [0.4, 0.5) is 0 Å². The summed E-state index contributed by atoms with van der Waals surface area (Å²) in [7, 11) is -3.57. The van der Waals surface area contributed by atoms with Gasteiger partial charge in [0.2, 0.25) is 15.9 Å². The summed E-state index contributed by atoms with van der Waals surface area (Å²) in [6, 6.07) is 5.30. The Hall–Kier alpha value is -1.40. The molecule has 0 radical (unpaired) electrons. The third kappa shape index (κ3) is 6.15. The van der Waals surface area contributed by atoms with E-state index < -0.39 is 10.0 Å². The third-order valence-electron chi connectivity index (χ3n) is 3.38. The Morgan fingerprint density at radius 1 is 1.14 bits per heavy atom. The van der Waals surface area contributed by atoms with Crippen LogP contribution in [0.15, 0.2) is 23.1 Å². The number of sulfonamides is 1. The molecule has 0 aromatic heterocycles. The average Bonchev–Trinajstić information content (AvgIpc) is 2.46. The van der Waals surface area contributed by atoms with Gasteiger partial charge in [-0.2, -0.15) is 0 Å². The minimum Gasteiger partial charge on any atom is -0.356 e. The number of carbonyl (C=O) groups is 1. The number of nitrogens with one attached hydrogen (secondary N) is 2. The van der Waals surface area contributed by atoms with Crippen molar-refractivity contribution in [2.24, 2.45) is 0 Å². The SMILES string of the molecule is CCCCCNC(=O)CCNS(=O)(=O)c1cc(C)ccc1C. The molecule has 0 heterocycles. The maximum atomic E-state index is 12.2. The zero-order valence-corrected chi connectivity index (χ0v) is 14.4. The second kappa shape index (κ2) is 8.90. The fourth-order valence-electron chi connectivity index (χ4n) is 2.06. The zero-order chi connectivity index (χ0) is 16.6. The van der Waals surface area contributed by atoms with Gasteiger partial charge in [-0.05, 0) is 37.5 Å². The molecule has 1 amide bonds. The van der Waals surface area contributed by atoms with Crippen LogP contribution in [0.5, 0.6) is 0 Å². The Bertz CT molecular complexity index is 597. The van der Waals surface area contributed by atoms with Gasteiger partial charge in [-0.3, -0.25) is 4.79 Å². The van der Waals surface area contributed by atoms with Gasteiger partial charge in [0.1, 0.15) is 0 Å². The molecule has 1 aromatic rings. The number of carbonyl (C=O) groups excluding carboxylic acids is 1. The lowest BCUT2D eigenvalue weighted by atomic mass is 10.2. The molecular weight excluding hydrogens is 300 g/mol. The Morgan fingerprint density at radius 3 is 2.55 bits per heavy atom. The van der Waals surface area contributed by atoms with Crippen LogP contribution in [0.2, 0.25) is 0 Å². The lowest BCUT2D eigenvalue weighted by molar-refractivity contribution is -0.120. The van der Waals surface area contributed by atoms with Gasteiger partial charge >= 0.3 is 0 Å². The van der Waals surface area contributed by atoms with Crippen molar-refractivity contribution in [3.8, 4) is 0 Å². The Balaban J connectivity index is 2.46. The summed E-state index contributed by atoms with van der Waals surface area (Å²) in [5, 5.41) is 2.79. The Kier molecular flexibility index (Phi) is 7.55. The van der Waals surface area contributed by atoms with Gasteiger partial charge < -0.3 is 5.32 Å². The number of hydrogen-bond acceptors (Lipinski definition) is 3. The fourth-order valence-corrected chi connectivity index (χ4v) is 3.42. The van der Waals surface area contributed by atoms with E-state index in [2.05, 4.69) is 17.0 Å². The van der Waals surface area contributed by atoms with E-state index in [0.717, 1.165) is 24.8 Å². The lowest BCUT2D eigenvalue weighted by Crippen LogP contribution is -2.31. The maximum absolute atomic E-state index is 12.2. The van der Waals surface area contributed by atoms with Crippen molar-refractivity contribution >= 4 is 15.9 Å². The minimum absolute atomic E-state index is 0.106. The van der Waals surface area contributed by atoms with E-state index in [1.165, 1.54) is 0 Å². The van der Waals surface area contributed by atoms with Crippen molar-refractivity contribution in [2.45, 2.75) is 51.3 Å². The molecule has 0 saturated heterocycles. The van der Waals surface area contributed by atoms with Crippen LogP contribution in [-0.4, -0.2) is 27.4 Å². The van der Waals surface area contributed by atoms with Crippen LogP contribution >= 0.6 is 0 Å². The molecule has 1 aromatic carbocycles. The first kappa shape index (κ1) is 18.6. The second-order valence-corrected chi connectivity index (χ2v) is 7.21. The quantitative estimate of drug-likeness (QED) is 0.684. The number of amides is 1. The largest absolute Gasteiger partial charge is 0.356 e. The second-order valence-electron chi connectivity index (χ2n) is 5.47. The van der Waals surface area contributed by atoms with E-state index in [9.17, 15) is 13.2 Å². The van der Waals surface area contributed by atoms with Gasteiger partial charge in [-0.1, -0.05) is 31.9 Å². The first-order valence-corrected chi connectivity index (χ1v) is 9.18. The molecule has 0 saturated carbocycles. The van der Waals surface area contributed by atoms with Crippen molar-refractivity contribution in [2.75, 3.05) is 13.1 Å². The molecule has 0 atom stereocenters. The van der Waals surface area contributed by atoms with Gasteiger partial charge in [-0.15, -0.1) is 0 Å². The standard InChI is InChI=1S/C16H26N2O3S/c1-4-5-6-10-17-16(19)9-11-18-22(20,21)15-12-13(2)7-8-14(15)3/h7-8,12,18H,4-6,9-11H2,1-3H3,(H,17,19). The lowest BCUT2D eigenvalue weighted by Gasteiger charge is -2.10. The molecule has 2 N–H and O–H groups in total. The van der Waals surface area contributed by atoms with Crippen LogP contribution in [0.1, 0.15) is 43.7 Å². The first-order chi connectivity index (χ1) is 10.4. The van der Waals surface area contributed by atoms with Crippen LogP contribution in [-0.2, 0) is 14.8 Å². The van der Waals surface area contributed by atoms with E-state index in [4.69, 9.17) is 0 Å². The molecule has 6 heteroatoms. The highest BCUT2D eigenvalue weighted by Crippen LogP contribution is 2.16. The molecule has 0 bridgehead atoms. The monoisotopic (exact) mass is 326 g/mol. The van der Waals surface area contributed by atoms with Gasteiger partial charge in [0.05, 0.1) is 4.90 Å². The zero-order valence-electron chi connectivity index (χ0n) is 13.6. The highest BCUT2D eigenvalue weighted by molar-refractivity contribution is 7.89. The summed E-state index contributed by atoms with van der Waals surface area (Å²) >= 11 is 0. The van der Waals surface area contributed by atoms with Crippen molar-refractivity contribution in [3.05, 3.63) is 29.3 Å². The highest BCUT2D eigenvalue weighted by Gasteiger charge is 2.16. The molecule has 0 fully saturated rings. The van der Waals surface area contributed by atoms with Gasteiger partial charge in [-0.25, -0.2) is 13.1 Å². The van der Waals surface area contributed by atoms with E-state index >= 15 is 0 Å². The molecule has 0 aliphatic heterocycles. The average molecular weight is 326 g/mol. The predicted molar refractivity (Wildman–Crippen MR) is 88.3 cm³/mol. The normalized spacial score (nSPS) is 11.4. The highest BCUT2D eigenvalue weighted by atomic mass is 32.2. The Labute approximate surface area is 133 Å². The predicted octanol–water partition coefficient (Wildman–Crippen LogP) is 2.28. The van der Waals surface area contributed by atoms with E-state index in [1.54, 1.807) is 19.1 Å². The molecule has 5 nitrogen and oxygen atoms in total. The number of benzene rings is 1. The van der Waals surface area contributed by atoms with Gasteiger partial charge in [0.25, 0.3) is 0 Å². The molecule has 0 spiro atoms. The Morgan fingerprint density at radius 2 is 1.86 bits per heavy atom. The fraction of sp³-hybridized carbons (Fsp3) is 0.562. The minimum atomic E-state index is -3.57.